The smallest absolute Gasteiger partial charge is 0.232 e. The van der Waals surface area contributed by atoms with E-state index in [-0.39, 0.29) is 21.7 Å². The highest BCUT2D eigenvalue weighted by atomic mass is 16.3. The van der Waals surface area contributed by atoms with Gasteiger partial charge in [-0.15, -0.1) is 0 Å². The van der Waals surface area contributed by atoms with E-state index in [0.29, 0.717) is 23.4 Å². The maximum absolute atomic E-state index is 11.3. The van der Waals surface area contributed by atoms with Crippen LogP contribution < -0.4 is 10.6 Å². The number of anilines is 4. The minimum Gasteiger partial charge on any atom is -0.507 e. The number of aromatic nitrogens is 3. The summed E-state index contributed by atoms with van der Waals surface area (Å²) in [6, 6.07) is 8.00. The van der Waals surface area contributed by atoms with Crippen molar-refractivity contribution in [1.82, 2.24) is 15.0 Å². The molecule has 46 heavy (non-hydrogen) atoms. The summed E-state index contributed by atoms with van der Waals surface area (Å²) in [5.74, 6) is 2.31. The largest absolute Gasteiger partial charge is 0.507 e. The molecule has 4 N–H and O–H groups in total. The van der Waals surface area contributed by atoms with Crippen molar-refractivity contribution < 1.29 is 10.2 Å². The Bertz CT molecular complexity index is 1310. The number of hydrogen-bond donors (Lipinski definition) is 4. The van der Waals surface area contributed by atoms with E-state index >= 15 is 0 Å². The van der Waals surface area contributed by atoms with Crippen molar-refractivity contribution in [2.45, 2.75) is 157 Å². The number of nitrogens with zero attached hydrogens (tertiary/aromatic N) is 3. The molecule has 0 radical (unpaired) electrons. The standard InChI is InChI=1S/C39H61N5O2/c1-14-15-16-17-18-19-20-31-42-34(40-25-21-27(36(2,3)4)32(45)28(22-25)37(5,6)7)44-35(43-31)41-26-23-29(38(8,9)10)33(46)30(24-26)39(11,12)13/h21-24,45-46H,14-20H2,1-13H3,(H2,40,41,42,43,44). The van der Waals surface area contributed by atoms with E-state index in [1.165, 1.54) is 25.7 Å². The Morgan fingerprint density at radius 2 is 0.826 bits per heavy atom. The molecule has 3 rings (SSSR count). The van der Waals surface area contributed by atoms with Crippen LogP contribution >= 0.6 is 0 Å². The van der Waals surface area contributed by atoms with E-state index in [1.807, 2.05) is 24.3 Å². The molecular formula is C39H61N5O2. The zero-order valence-electron chi connectivity index (χ0n) is 31.0. The summed E-state index contributed by atoms with van der Waals surface area (Å²) < 4.78 is 0. The number of unbranched alkanes of at least 4 members (excludes halogenated alkanes) is 5. The van der Waals surface area contributed by atoms with Crippen LogP contribution in [0.2, 0.25) is 0 Å². The Morgan fingerprint density at radius 3 is 1.15 bits per heavy atom. The average Bonchev–Trinajstić information content (AvgIpc) is 2.90. The molecular weight excluding hydrogens is 570 g/mol. The molecule has 0 bridgehead atoms. The second-order valence-corrected chi connectivity index (χ2v) is 17.0. The quantitative estimate of drug-likeness (QED) is 0.123. The van der Waals surface area contributed by atoms with Gasteiger partial charge in [0.15, 0.2) is 0 Å². The number of benzene rings is 2. The van der Waals surface area contributed by atoms with Crippen molar-refractivity contribution in [2.75, 3.05) is 10.6 Å². The molecule has 0 aliphatic carbocycles. The number of phenolic OH excluding ortho intramolecular Hbond substituents is 2. The molecule has 0 spiro atoms. The lowest BCUT2D eigenvalue weighted by molar-refractivity contribution is 0.422. The molecule has 2 aromatic carbocycles. The number of hydrogen-bond acceptors (Lipinski definition) is 7. The van der Waals surface area contributed by atoms with Crippen LogP contribution in [0, 0.1) is 0 Å². The molecule has 7 heteroatoms. The molecule has 1 aromatic heterocycles. The summed E-state index contributed by atoms with van der Waals surface area (Å²) in [6.45, 7) is 27.5. The highest BCUT2D eigenvalue weighted by molar-refractivity contribution is 5.65. The molecule has 0 saturated heterocycles. The Labute approximate surface area is 279 Å². The first-order chi connectivity index (χ1) is 21.1. The minimum atomic E-state index is -0.259. The van der Waals surface area contributed by atoms with Crippen LogP contribution in [0.25, 0.3) is 0 Å². The molecule has 0 amide bonds. The fourth-order valence-electron chi connectivity index (χ4n) is 5.67. The lowest BCUT2D eigenvalue weighted by Crippen LogP contribution is -2.18. The fraction of sp³-hybridized carbons (Fsp3) is 0.615. The van der Waals surface area contributed by atoms with Gasteiger partial charge in [0.1, 0.15) is 17.3 Å². The SMILES string of the molecule is CCCCCCCCc1nc(Nc2cc(C(C)(C)C)c(O)c(C(C)(C)C)c2)nc(Nc2cc(C(C)(C)C)c(O)c(C(C)(C)C)c2)n1. The first kappa shape index (κ1) is 37.1. The second kappa shape index (κ2) is 14.2. The van der Waals surface area contributed by atoms with E-state index in [1.54, 1.807) is 0 Å². The minimum absolute atomic E-state index is 0.259. The molecule has 0 aliphatic heterocycles. The van der Waals surface area contributed by atoms with E-state index in [9.17, 15) is 10.2 Å². The molecule has 7 nitrogen and oxygen atoms in total. The second-order valence-electron chi connectivity index (χ2n) is 17.0. The van der Waals surface area contributed by atoms with Gasteiger partial charge in [-0.05, 0) is 52.3 Å². The normalized spacial score (nSPS) is 12.8. The van der Waals surface area contributed by atoms with Crippen molar-refractivity contribution in [2.24, 2.45) is 0 Å². The molecule has 0 unspecified atom stereocenters. The molecule has 0 atom stereocenters. The van der Waals surface area contributed by atoms with Gasteiger partial charge >= 0.3 is 0 Å². The Hall–Kier alpha value is -3.35. The highest BCUT2D eigenvalue weighted by Gasteiger charge is 2.28. The van der Waals surface area contributed by atoms with E-state index in [0.717, 1.165) is 58.7 Å². The molecule has 0 fully saturated rings. The third kappa shape index (κ3) is 9.83. The number of aromatic hydroxyl groups is 2. The summed E-state index contributed by atoms with van der Waals surface area (Å²) in [6.07, 6.45) is 7.88. The summed E-state index contributed by atoms with van der Waals surface area (Å²) in [5, 5.41) is 29.5. The van der Waals surface area contributed by atoms with E-state index in [4.69, 9.17) is 15.0 Å². The number of phenols is 2. The number of nitrogens with one attached hydrogen (secondary N) is 2. The maximum atomic E-state index is 11.3. The molecule has 254 valence electrons. The zero-order valence-corrected chi connectivity index (χ0v) is 31.0. The van der Waals surface area contributed by atoms with Gasteiger partial charge in [-0.1, -0.05) is 122 Å². The predicted octanol–water partition coefficient (Wildman–Crippen LogP) is 10.9. The van der Waals surface area contributed by atoms with Crippen LogP contribution in [0.1, 0.15) is 157 Å². The topological polar surface area (TPSA) is 103 Å². The van der Waals surface area contributed by atoms with Crippen molar-refractivity contribution in [1.29, 1.82) is 0 Å². The van der Waals surface area contributed by atoms with E-state index < -0.39 is 0 Å². The van der Waals surface area contributed by atoms with Crippen molar-refractivity contribution in [3.8, 4) is 11.5 Å². The van der Waals surface area contributed by atoms with Crippen LogP contribution in [0.5, 0.6) is 11.5 Å². The lowest BCUT2D eigenvalue weighted by atomic mass is 9.79. The van der Waals surface area contributed by atoms with Crippen molar-refractivity contribution in [3.63, 3.8) is 0 Å². The van der Waals surface area contributed by atoms with Crippen molar-refractivity contribution >= 4 is 23.3 Å². The first-order valence-electron chi connectivity index (χ1n) is 17.2. The summed E-state index contributed by atoms with van der Waals surface area (Å²) >= 11 is 0. The highest BCUT2D eigenvalue weighted by Crippen LogP contribution is 2.43. The monoisotopic (exact) mass is 631 g/mol. The van der Waals surface area contributed by atoms with Gasteiger partial charge in [-0.2, -0.15) is 15.0 Å². The van der Waals surface area contributed by atoms with Gasteiger partial charge in [0.05, 0.1) is 0 Å². The Balaban J connectivity index is 2.09. The lowest BCUT2D eigenvalue weighted by Gasteiger charge is -2.28. The summed E-state index contributed by atoms with van der Waals surface area (Å²) in [4.78, 5) is 14.6. The number of rotatable bonds is 11. The fourth-order valence-corrected chi connectivity index (χ4v) is 5.67. The Morgan fingerprint density at radius 1 is 0.500 bits per heavy atom. The molecule has 1 heterocycles. The Kier molecular flexibility index (Phi) is 11.4. The van der Waals surface area contributed by atoms with Crippen molar-refractivity contribution in [3.05, 3.63) is 52.3 Å². The van der Waals surface area contributed by atoms with Crippen LogP contribution in [-0.4, -0.2) is 25.2 Å². The predicted molar refractivity (Wildman–Crippen MR) is 194 cm³/mol. The van der Waals surface area contributed by atoms with Crippen LogP contribution in [0.4, 0.5) is 23.3 Å². The third-order valence-electron chi connectivity index (χ3n) is 8.40. The molecule has 0 saturated carbocycles. The summed E-state index contributed by atoms with van der Waals surface area (Å²) in [5.41, 5.74) is 4.10. The van der Waals surface area contributed by atoms with Crippen LogP contribution in [-0.2, 0) is 28.1 Å². The van der Waals surface area contributed by atoms with E-state index in [2.05, 4.69) is 101 Å². The molecule has 0 aliphatic rings. The zero-order chi connectivity index (χ0) is 34.7. The average molecular weight is 632 g/mol. The van der Waals surface area contributed by atoms with Gasteiger partial charge in [0, 0.05) is 40.0 Å². The van der Waals surface area contributed by atoms with Gasteiger partial charge in [-0.25, -0.2) is 0 Å². The summed E-state index contributed by atoms with van der Waals surface area (Å²) in [7, 11) is 0. The number of aryl methyl sites for hydroxylation is 1. The third-order valence-corrected chi connectivity index (χ3v) is 8.40. The molecule has 3 aromatic rings. The van der Waals surface area contributed by atoms with Crippen LogP contribution in [0.15, 0.2) is 24.3 Å². The van der Waals surface area contributed by atoms with Gasteiger partial charge in [-0.3, -0.25) is 0 Å². The first-order valence-corrected chi connectivity index (χ1v) is 17.2. The van der Waals surface area contributed by atoms with Gasteiger partial charge < -0.3 is 20.8 Å². The van der Waals surface area contributed by atoms with Gasteiger partial charge in [0.25, 0.3) is 0 Å². The van der Waals surface area contributed by atoms with Gasteiger partial charge in [0.2, 0.25) is 11.9 Å². The van der Waals surface area contributed by atoms with Crippen LogP contribution in [0.3, 0.4) is 0 Å². The maximum Gasteiger partial charge on any atom is 0.232 e.